The van der Waals surface area contributed by atoms with Crippen molar-refractivity contribution in [1.82, 2.24) is 9.55 Å². The van der Waals surface area contributed by atoms with Gasteiger partial charge in [0.1, 0.15) is 11.6 Å². The maximum absolute atomic E-state index is 5.38. The van der Waals surface area contributed by atoms with Crippen molar-refractivity contribution in [1.29, 1.82) is 0 Å². The number of rotatable bonds is 4. The highest BCUT2D eigenvalue weighted by molar-refractivity contribution is 5.79. The molecule has 3 heteroatoms. The number of aromatic nitrogens is 2. The zero-order valence-electron chi connectivity index (χ0n) is 13.5. The van der Waals surface area contributed by atoms with Crippen LogP contribution in [-0.4, -0.2) is 9.55 Å². The summed E-state index contributed by atoms with van der Waals surface area (Å²) < 4.78 is 7.63. The molecule has 0 unspecified atom stereocenters. The first-order valence-electron chi connectivity index (χ1n) is 8.02. The Morgan fingerprint density at radius 1 is 0.958 bits per heavy atom. The summed E-state index contributed by atoms with van der Waals surface area (Å²) in [6.45, 7) is 2.94. The summed E-state index contributed by atoms with van der Waals surface area (Å²) in [5.74, 6) is 1.75. The Morgan fingerprint density at radius 3 is 2.62 bits per heavy atom. The molecule has 2 aromatic carbocycles. The van der Waals surface area contributed by atoms with E-state index in [2.05, 4.69) is 47.9 Å². The number of imidazole rings is 1. The first-order chi connectivity index (χ1) is 11.8. The molecule has 4 aromatic rings. The monoisotopic (exact) mass is 314 g/mol. The van der Waals surface area contributed by atoms with E-state index >= 15 is 0 Å². The van der Waals surface area contributed by atoms with Crippen molar-refractivity contribution in [2.75, 3.05) is 0 Å². The van der Waals surface area contributed by atoms with Crippen molar-refractivity contribution in [2.24, 2.45) is 0 Å². The lowest BCUT2D eigenvalue weighted by Gasteiger charge is -2.10. The van der Waals surface area contributed by atoms with Gasteiger partial charge in [0.2, 0.25) is 0 Å². The van der Waals surface area contributed by atoms with Crippen molar-refractivity contribution < 1.29 is 4.42 Å². The molecule has 0 bridgehead atoms. The minimum atomic E-state index is 0.797. The highest BCUT2D eigenvalue weighted by atomic mass is 16.3. The fourth-order valence-corrected chi connectivity index (χ4v) is 2.89. The third kappa shape index (κ3) is 2.76. The lowest BCUT2D eigenvalue weighted by molar-refractivity contribution is 0.557. The third-order valence-electron chi connectivity index (χ3n) is 4.21. The van der Waals surface area contributed by atoms with Gasteiger partial charge in [0.05, 0.1) is 17.3 Å². The maximum atomic E-state index is 5.38. The maximum Gasteiger partial charge on any atom is 0.134 e. The third-order valence-corrected chi connectivity index (χ3v) is 4.21. The normalized spacial score (nSPS) is 11.5. The number of para-hydroxylation sites is 2. The summed E-state index contributed by atoms with van der Waals surface area (Å²) in [7, 11) is 0. The van der Waals surface area contributed by atoms with Crippen LogP contribution in [0, 0.1) is 6.92 Å². The molecule has 2 heterocycles. The standard InChI is InChI=1S/C21H18N2O/c1-16-7-2-3-8-17(16)15-23-20-11-5-4-10-19(20)22-21(23)13-12-18-9-6-14-24-18/h2-14H,15H2,1H3. The molecule has 0 aliphatic rings. The van der Waals surface area contributed by atoms with E-state index < -0.39 is 0 Å². The Kier molecular flexibility index (Phi) is 3.75. The summed E-state index contributed by atoms with van der Waals surface area (Å²) in [5, 5.41) is 0. The molecule has 0 aliphatic carbocycles. The molecular formula is C21H18N2O. The molecule has 0 atom stereocenters. The van der Waals surface area contributed by atoms with Gasteiger partial charge >= 0.3 is 0 Å². The van der Waals surface area contributed by atoms with Gasteiger partial charge < -0.3 is 8.98 Å². The Morgan fingerprint density at radius 2 is 1.79 bits per heavy atom. The molecular weight excluding hydrogens is 296 g/mol. The van der Waals surface area contributed by atoms with E-state index in [0.717, 1.165) is 29.2 Å². The SMILES string of the molecule is Cc1ccccc1Cn1c(C=Cc2ccco2)nc2ccccc21. The molecule has 0 saturated heterocycles. The first-order valence-corrected chi connectivity index (χ1v) is 8.02. The van der Waals surface area contributed by atoms with E-state index in [-0.39, 0.29) is 0 Å². The van der Waals surface area contributed by atoms with Gasteiger partial charge in [0.25, 0.3) is 0 Å². The molecule has 0 aliphatic heterocycles. The summed E-state index contributed by atoms with van der Waals surface area (Å²) in [6, 6.07) is 20.5. The van der Waals surface area contributed by atoms with Gasteiger partial charge in [-0.15, -0.1) is 0 Å². The van der Waals surface area contributed by atoms with Gasteiger partial charge in [0, 0.05) is 6.54 Å². The molecule has 24 heavy (non-hydrogen) atoms. The van der Waals surface area contributed by atoms with Crippen molar-refractivity contribution in [2.45, 2.75) is 13.5 Å². The molecule has 3 nitrogen and oxygen atoms in total. The van der Waals surface area contributed by atoms with Crippen LogP contribution in [0.15, 0.2) is 71.3 Å². The zero-order chi connectivity index (χ0) is 16.4. The summed E-state index contributed by atoms with van der Waals surface area (Å²) >= 11 is 0. The van der Waals surface area contributed by atoms with Crippen LogP contribution in [0.2, 0.25) is 0 Å². The topological polar surface area (TPSA) is 31.0 Å². The largest absolute Gasteiger partial charge is 0.465 e. The van der Waals surface area contributed by atoms with E-state index in [1.165, 1.54) is 11.1 Å². The number of hydrogen-bond donors (Lipinski definition) is 0. The Hall–Kier alpha value is -3.07. The second-order valence-electron chi connectivity index (χ2n) is 5.82. The summed E-state index contributed by atoms with van der Waals surface area (Å²) in [4.78, 5) is 4.77. The van der Waals surface area contributed by atoms with Gasteiger partial charge in [-0.1, -0.05) is 36.4 Å². The highest BCUT2D eigenvalue weighted by Gasteiger charge is 2.09. The number of hydrogen-bond acceptors (Lipinski definition) is 2. The second-order valence-corrected chi connectivity index (χ2v) is 5.82. The predicted octanol–water partition coefficient (Wildman–Crippen LogP) is 5.16. The minimum Gasteiger partial charge on any atom is -0.465 e. The van der Waals surface area contributed by atoms with Crippen molar-refractivity contribution in [3.63, 3.8) is 0 Å². The fourth-order valence-electron chi connectivity index (χ4n) is 2.89. The Labute approximate surface area is 140 Å². The molecule has 2 aromatic heterocycles. The minimum absolute atomic E-state index is 0.797. The molecule has 0 radical (unpaired) electrons. The number of nitrogens with zero attached hydrogens (tertiary/aromatic N) is 2. The van der Waals surface area contributed by atoms with E-state index in [1.54, 1.807) is 6.26 Å². The molecule has 118 valence electrons. The zero-order valence-corrected chi connectivity index (χ0v) is 13.5. The van der Waals surface area contributed by atoms with Gasteiger partial charge in [-0.2, -0.15) is 0 Å². The van der Waals surface area contributed by atoms with Crippen LogP contribution in [0.25, 0.3) is 23.2 Å². The molecule has 0 spiro atoms. The molecule has 0 amide bonds. The average molecular weight is 314 g/mol. The molecule has 0 saturated carbocycles. The van der Waals surface area contributed by atoms with Crippen LogP contribution in [0.3, 0.4) is 0 Å². The summed E-state index contributed by atoms with van der Waals surface area (Å²) in [6.07, 6.45) is 5.64. The van der Waals surface area contributed by atoms with E-state index in [9.17, 15) is 0 Å². The Bertz CT molecular complexity index is 994. The van der Waals surface area contributed by atoms with Gasteiger partial charge in [0.15, 0.2) is 0 Å². The van der Waals surface area contributed by atoms with Crippen molar-refractivity contribution >= 4 is 23.2 Å². The van der Waals surface area contributed by atoms with Gasteiger partial charge in [-0.05, 0) is 54.5 Å². The van der Waals surface area contributed by atoms with E-state index in [0.29, 0.717) is 0 Å². The van der Waals surface area contributed by atoms with Gasteiger partial charge in [-0.25, -0.2) is 4.98 Å². The van der Waals surface area contributed by atoms with Crippen molar-refractivity contribution in [3.8, 4) is 0 Å². The van der Waals surface area contributed by atoms with Crippen LogP contribution in [0.4, 0.5) is 0 Å². The first kappa shape index (κ1) is 14.5. The fraction of sp³-hybridized carbons (Fsp3) is 0.0952. The highest BCUT2D eigenvalue weighted by Crippen LogP contribution is 2.21. The smallest absolute Gasteiger partial charge is 0.134 e. The molecule has 0 fully saturated rings. The van der Waals surface area contributed by atoms with Gasteiger partial charge in [-0.3, -0.25) is 0 Å². The van der Waals surface area contributed by atoms with Crippen LogP contribution in [0.1, 0.15) is 22.7 Å². The lowest BCUT2D eigenvalue weighted by Crippen LogP contribution is -2.03. The van der Waals surface area contributed by atoms with Crippen LogP contribution >= 0.6 is 0 Å². The number of aryl methyl sites for hydroxylation is 1. The summed E-state index contributed by atoms with van der Waals surface area (Å²) in [5.41, 5.74) is 4.73. The number of fused-ring (bicyclic) bond motifs is 1. The second kappa shape index (κ2) is 6.20. The predicted molar refractivity (Wildman–Crippen MR) is 97.7 cm³/mol. The number of benzene rings is 2. The van der Waals surface area contributed by atoms with Crippen LogP contribution < -0.4 is 0 Å². The average Bonchev–Trinajstić information content (AvgIpc) is 3.23. The molecule has 0 N–H and O–H groups in total. The lowest BCUT2D eigenvalue weighted by atomic mass is 10.1. The number of furan rings is 1. The van der Waals surface area contributed by atoms with E-state index in [4.69, 9.17) is 9.40 Å². The van der Waals surface area contributed by atoms with Crippen molar-refractivity contribution in [3.05, 3.63) is 89.6 Å². The Balaban J connectivity index is 1.80. The van der Waals surface area contributed by atoms with Crippen LogP contribution in [-0.2, 0) is 6.54 Å². The molecule has 4 rings (SSSR count). The van der Waals surface area contributed by atoms with E-state index in [1.807, 2.05) is 36.4 Å². The van der Waals surface area contributed by atoms with Crippen LogP contribution in [0.5, 0.6) is 0 Å². The quantitative estimate of drug-likeness (QED) is 0.521.